The minimum atomic E-state index is -1.01. The molecule has 12 nitrogen and oxygen atoms in total. The van der Waals surface area contributed by atoms with Gasteiger partial charge in [0.15, 0.2) is 0 Å². The third-order valence-corrected chi connectivity index (χ3v) is 5.96. The fourth-order valence-electron chi connectivity index (χ4n) is 3.73. The molecule has 0 unspecified atom stereocenters. The molecule has 0 aliphatic heterocycles. The first-order valence-corrected chi connectivity index (χ1v) is 13.0. The van der Waals surface area contributed by atoms with E-state index in [9.17, 15) is 24.0 Å². The van der Waals surface area contributed by atoms with Crippen LogP contribution in [0.1, 0.15) is 71.6 Å². The van der Waals surface area contributed by atoms with Crippen LogP contribution < -0.4 is 0 Å². The van der Waals surface area contributed by atoms with Gasteiger partial charge >= 0.3 is 23.9 Å². The molecule has 1 amide bonds. The van der Waals surface area contributed by atoms with Gasteiger partial charge in [0.25, 0.3) is 0 Å². The molecular formula is C25H45N3O9. The number of unbranched alkanes of at least 4 members (excludes halogenated alkanes) is 2. The van der Waals surface area contributed by atoms with E-state index >= 15 is 0 Å². The Labute approximate surface area is 219 Å². The van der Waals surface area contributed by atoms with Gasteiger partial charge in [0, 0.05) is 58.8 Å². The van der Waals surface area contributed by atoms with Gasteiger partial charge < -0.3 is 30.2 Å². The summed E-state index contributed by atoms with van der Waals surface area (Å²) in [4.78, 5) is 62.0. The Balaban J connectivity index is 5.09. The highest BCUT2D eigenvalue weighted by Crippen LogP contribution is 2.11. The molecule has 0 fully saturated rings. The van der Waals surface area contributed by atoms with Crippen molar-refractivity contribution in [3.8, 4) is 0 Å². The molecule has 0 saturated carbocycles. The highest BCUT2D eigenvalue weighted by Gasteiger charge is 2.18. The Kier molecular flexibility index (Phi) is 18.8. The molecule has 214 valence electrons. The largest absolute Gasteiger partial charge is 0.481 e. The Morgan fingerprint density at radius 2 is 0.919 bits per heavy atom. The molecule has 0 radical (unpaired) electrons. The number of hydrogen-bond acceptors (Lipinski definition) is 7. The number of rotatable bonds is 24. The van der Waals surface area contributed by atoms with Crippen LogP contribution in [0.25, 0.3) is 0 Å². The van der Waals surface area contributed by atoms with Crippen LogP contribution in [0.2, 0.25) is 0 Å². The van der Waals surface area contributed by atoms with Gasteiger partial charge in [-0.15, -0.1) is 0 Å². The van der Waals surface area contributed by atoms with Crippen LogP contribution in [0.5, 0.6) is 0 Å². The van der Waals surface area contributed by atoms with Gasteiger partial charge in [-0.25, -0.2) is 0 Å². The van der Waals surface area contributed by atoms with Crippen molar-refractivity contribution in [1.82, 2.24) is 14.7 Å². The normalized spacial score (nSPS) is 11.3. The van der Waals surface area contributed by atoms with Crippen molar-refractivity contribution in [3.63, 3.8) is 0 Å². The highest BCUT2D eigenvalue weighted by atomic mass is 16.4. The third-order valence-electron chi connectivity index (χ3n) is 5.96. The average molecular weight is 532 g/mol. The first-order chi connectivity index (χ1) is 17.4. The SMILES string of the molecule is CC(C)CCCCCC(=O)N(CCC(=O)O)CCN(CCC(=O)O)CCN(CCC(=O)O)CCC(=O)O. The lowest BCUT2D eigenvalue weighted by Gasteiger charge is -2.29. The number of nitrogens with zero attached hydrogens (tertiary/aromatic N) is 3. The van der Waals surface area contributed by atoms with Crippen LogP contribution in [-0.2, 0) is 24.0 Å². The fourth-order valence-corrected chi connectivity index (χ4v) is 3.73. The zero-order valence-corrected chi connectivity index (χ0v) is 22.3. The monoisotopic (exact) mass is 531 g/mol. The second-order valence-corrected chi connectivity index (χ2v) is 9.63. The minimum absolute atomic E-state index is 0.0658. The zero-order chi connectivity index (χ0) is 28.2. The van der Waals surface area contributed by atoms with E-state index in [1.54, 1.807) is 4.90 Å². The van der Waals surface area contributed by atoms with Gasteiger partial charge in [-0.3, -0.25) is 28.9 Å². The van der Waals surface area contributed by atoms with E-state index in [-0.39, 0.29) is 64.3 Å². The van der Waals surface area contributed by atoms with E-state index in [0.717, 1.165) is 25.7 Å². The lowest BCUT2D eigenvalue weighted by molar-refractivity contribution is -0.140. The number of hydrogen-bond donors (Lipinski definition) is 4. The van der Waals surface area contributed by atoms with Gasteiger partial charge in [0.05, 0.1) is 25.7 Å². The van der Waals surface area contributed by atoms with Crippen molar-refractivity contribution >= 4 is 29.8 Å². The quantitative estimate of drug-likeness (QED) is 0.134. The molecule has 12 heteroatoms. The van der Waals surface area contributed by atoms with Crippen LogP contribution in [0, 0.1) is 5.92 Å². The first kappa shape index (κ1) is 34.3. The summed E-state index contributed by atoms with van der Waals surface area (Å²) in [7, 11) is 0. The molecule has 0 aliphatic carbocycles. The Bertz CT molecular complexity index is 698. The van der Waals surface area contributed by atoms with Gasteiger partial charge in [0.1, 0.15) is 0 Å². The fraction of sp³-hybridized carbons (Fsp3) is 0.800. The summed E-state index contributed by atoms with van der Waals surface area (Å²) in [5.41, 5.74) is 0. The molecule has 0 aromatic heterocycles. The molecule has 0 rings (SSSR count). The topological polar surface area (TPSA) is 176 Å². The number of carboxylic acid groups (broad SMARTS) is 4. The van der Waals surface area contributed by atoms with Crippen molar-refractivity contribution in [2.45, 2.75) is 71.6 Å². The van der Waals surface area contributed by atoms with Crippen molar-refractivity contribution in [2.75, 3.05) is 52.4 Å². The molecule has 0 aliphatic rings. The maximum atomic E-state index is 12.8. The predicted octanol–water partition coefficient (Wildman–Crippen LogP) is 1.92. The second-order valence-electron chi connectivity index (χ2n) is 9.63. The molecular weight excluding hydrogens is 486 g/mol. The van der Waals surface area contributed by atoms with Crippen molar-refractivity contribution in [1.29, 1.82) is 0 Å². The van der Waals surface area contributed by atoms with E-state index < -0.39 is 23.9 Å². The molecule has 37 heavy (non-hydrogen) atoms. The van der Waals surface area contributed by atoms with Crippen molar-refractivity contribution in [3.05, 3.63) is 0 Å². The lowest BCUT2D eigenvalue weighted by Crippen LogP contribution is -2.43. The molecule has 4 N–H and O–H groups in total. The number of carbonyl (C=O) groups excluding carboxylic acids is 1. The third kappa shape index (κ3) is 21.1. The summed E-state index contributed by atoms with van der Waals surface area (Å²) >= 11 is 0. The van der Waals surface area contributed by atoms with Gasteiger partial charge in [-0.05, 0) is 12.3 Å². The highest BCUT2D eigenvalue weighted by molar-refractivity contribution is 5.77. The number of aliphatic carboxylic acids is 4. The number of carboxylic acids is 4. The zero-order valence-electron chi connectivity index (χ0n) is 22.3. The van der Waals surface area contributed by atoms with Gasteiger partial charge in [-0.1, -0.05) is 33.1 Å². The predicted molar refractivity (Wildman–Crippen MR) is 136 cm³/mol. The molecule has 0 aromatic carbocycles. The Morgan fingerprint density at radius 1 is 0.514 bits per heavy atom. The molecule has 0 spiro atoms. The summed E-state index contributed by atoms with van der Waals surface area (Å²) in [6, 6.07) is 0. The molecule has 0 aromatic rings. The van der Waals surface area contributed by atoms with Crippen LogP contribution >= 0.6 is 0 Å². The maximum absolute atomic E-state index is 12.8. The van der Waals surface area contributed by atoms with E-state index in [4.69, 9.17) is 20.4 Å². The summed E-state index contributed by atoms with van der Waals surface area (Å²) in [5.74, 6) is -3.53. The minimum Gasteiger partial charge on any atom is -0.481 e. The van der Waals surface area contributed by atoms with Crippen molar-refractivity contribution < 1.29 is 44.4 Å². The average Bonchev–Trinajstić information content (AvgIpc) is 2.79. The summed E-state index contributed by atoms with van der Waals surface area (Å²) in [6.07, 6.45) is 3.46. The van der Waals surface area contributed by atoms with E-state index in [2.05, 4.69) is 13.8 Å². The summed E-state index contributed by atoms with van der Waals surface area (Å²) in [5, 5.41) is 36.1. The maximum Gasteiger partial charge on any atom is 0.305 e. The molecule has 0 bridgehead atoms. The van der Waals surface area contributed by atoms with Crippen LogP contribution in [0.3, 0.4) is 0 Å². The van der Waals surface area contributed by atoms with E-state index in [1.807, 2.05) is 4.90 Å². The lowest BCUT2D eigenvalue weighted by atomic mass is 10.0. The van der Waals surface area contributed by atoms with E-state index in [0.29, 0.717) is 32.0 Å². The molecule has 0 saturated heterocycles. The smallest absolute Gasteiger partial charge is 0.305 e. The molecule has 0 atom stereocenters. The molecule has 0 heterocycles. The first-order valence-electron chi connectivity index (χ1n) is 13.0. The second kappa shape index (κ2) is 20.3. The Morgan fingerprint density at radius 3 is 1.35 bits per heavy atom. The van der Waals surface area contributed by atoms with Crippen LogP contribution in [0.15, 0.2) is 0 Å². The Hall–Kier alpha value is -2.73. The van der Waals surface area contributed by atoms with E-state index in [1.165, 1.54) is 4.90 Å². The van der Waals surface area contributed by atoms with Gasteiger partial charge in [-0.2, -0.15) is 0 Å². The summed E-state index contributed by atoms with van der Waals surface area (Å²) in [6.45, 7) is 6.11. The van der Waals surface area contributed by atoms with Gasteiger partial charge in [0.2, 0.25) is 5.91 Å². The standard InChI is InChI=1S/C25H45N3O9/c1-20(2)6-4-3-5-7-21(29)28(15-11-25(36)37)19-18-27(14-10-24(34)35)17-16-26(12-8-22(30)31)13-9-23(32)33/h20H,3-19H2,1-2H3,(H,30,31)(H,32,33)(H,34,35)(H,36,37). The number of amides is 1. The summed E-state index contributed by atoms with van der Waals surface area (Å²) < 4.78 is 0. The van der Waals surface area contributed by atoms with Crippen LogP contribution in [-0.4, -0.2) is 117 Å². The number of carbonyl (C=O) groups is 5. The van der Waals surface area contributed by atoms with Crippen LogP contribution in [0.4, 0.5) is 0 Å². The van der Waals surface area contributed by atoms with Crippen molar-refractivity contribution in [2.24, 2.45) is 5.92 Å².